The zero-order valence-corrected chi connectivity index (χ0v) is 16.6. The Morgan fingerprint density at radius 3 is 2.62 bits per heavy atom. The van der Waals surface area contributed by atoms with Crippen LogP contribution in [0.5, 0.6) is 0 Å². The molecule has 3 heteroatoms. The third kappa shape index (κ3) is 4.12. The van der Waals surface area contributed by atoms with Crippen molar-refractivity contribution in [2.75, 3.05) is 0 Å². The summed E-state index contributed by atoms with van der Waals surface area (Å²) in [5.41, 5.74) is 2.22. The van der Waals surface area contributed by atoms with Crippen LogP contribution < -0.4 is 5.19 Å². The standard InChI is InChI=1S/C18H24NSi.Ir/c1-13(2)16-11-17(15-10-8-7-9-14(15)3)19-12-18(16)20(4,5)6;/h7-9,11-13H,1-6H3;/q-1;/i3D3,13D;. The molecule has 0 aliphatic rings. The normalized spacial score (nSPS) is 15.3. The predicted molar refractivity (Wildman–Crippen MR) is 90.3 cm³/mol. The summed E-state index contributed by atoms with van der Waals surface area (Å²) in [6.07, 6.45) is 1.83. The maximum absolute atomic E-state index is 8.50. The van der Waals surface area contributed by atoms with Gasteiger partial charge in [0.2, 0.25) is 0 Å². The first kappa shape index (κ1) is 12.7. The molecule has 0 aliphatic heterocycles. The Balaban J connectivity index is 0.00000312. The fraction of sp³-hybridized carbons (Fsp3) is 0.389. The average Bonchev–Trinajstić information content (AvgIpc) is 2.44. The predicted octanol–water partition coefficient (Wildman–Crippen LogP) is 4.52. The Labute approximate surface area is 149 Å². The van der Waals surface area contributed by atoms with Crippen molar-refractivity contribution in [2.45, 2.75) is 46.2 Å². The van der Waals surface area contributed by atoms with E-state index in [1.165, 1.54) is 0 Å². The third-order valence-corrected chi connectivity index (χ3v) is 5.38. The number of hydrogen-bond acceptors (Lipinski definition) is 1. The number of hydrogen-bond donors (Lipinski definition) is 0. The molecule has 1 heterocycles. The van der Waals surface area contributed by atoms with Crippen LogP contribution in [-0.2, 0) is 20.1 Å². The van der Waals surface area contributed by atoms with Gasteiger partial charge in [-0.25, -0.2) is 0 Å². The van der Waals surface area contributed by atoms with Gasteiger partial charge in [-0.15, -0.1) is 35.4 Å². The van der Waals surface area contributed by atoms with E-state index >= 15 is 0 Å². The van der Waals surface area contributed by atoms with Crippen molar-refractivity contribution in [2.24, 2.45) is 0 Å². The summed E-state index contributed by atoms with van der Waals surface area (Å²) in [7, 11) is -1.67. The van der Waals surface area contributed by atoms with Gasteiger partial charge in [0.05, 0.1) is 8.07 Å². The van der Waals surface area contributed by atoms with Crippen molar-refractivity contribution in [1.82, 2.24) is 4.98 Å². The number of nitrogens with zero attached hydrogens (tertiary/aromatic N) is 1. The van der Waals surface area contributed by atoms with Gasteiger partial charge in [-0.3, -0.25) is 0 Å². The van der Waals surface area contributed by atoms with Gasteiger partial charge in [-0.05, 0) is 16.8 Å². The Bertz CT molecular complexity index is 746. The summed E-state index contributed by atoms with van der Waals surface area (Å²) < 4.78 is 31.7. The molecule has 0 amide bonds. The van der Waals surface area contributed by atoms with Gasteiger partial charge in [0.1, 0.15) is 0 Å². The monoisotopic (exact) mass is 479 g/mol. The molecule has 0 saturated heterocycles. The van der Waals surface area contributed by atoms with Crippen molar-refractivity contribution in [3.8, 4) is 11.3 Å². The summed E-state index contributed by atoms with van der Waals surface area (Å²) >= 11 is 0. The SMILES string of the molecule is [2H]C([2H])([2H])c1ccc[c-]c1-c1cc(C([2H])(C)C)c([Si](C)(C)C)cn1.[Ir]. The van der Waals surface area contributed by atoms with Gasteiger partial charge in [0.25, 0.3) is 0 Å². The van der Waals surface area contributed by atoms with Gasteiger partial charge in [0, 0.05) is 31.8 Å². The van der Waals surface area contributed by atoms with Crippen molar-refractivity contribution in [3.05, 3.63) is 47.7 Å². The molecule has 0 fully saturated rings. The third-order valence-electron chi connectivity index (χ3n) is 3.36. The molecule has 1 radical (unpaired) electrons. The first-order valence-corrected chi connectivity index (χ1v) is 10.3. The molecule has 2 aromatic rings. The van der Waals surface area contributed by atoms with Crippen molar-refractivity contribution in [1.29, 1.82) is 0 Å². The van der Waals surface area contributed by atoms with E-state index in [-0.39, 0.29) is 25.7 Å². The van der Waals surface area contributed by atoms with Crippen molar-refractivity contribution in [3.63, 3.8) is 0 Å². The van der Waals surface area contributed by atoms with Crippen LogP contribution in [0.2, 0.25) is 19.6 Å². The second-order valence-electron chi connectivity index (χ2n) is 6.32. The van der Waals surface area contributed by atoms with Gasteiger partial charge in [0.15, 0.2) is 0 Å². The second kappa shape index (κ2) is 7.00. The van der Waals surface area contributed by atoms with Crippen LogP contribution >= 0.6 is 0 Å². The van der Waals surface area contributed by atoms with E-state index in [0.717, 1.165) is 10.8 Å². The largest absolute Gasteiger partial charge is 0.305 e. The van der Waals surface area contributed by atoms with E-state index < -0.39 is 20.8 Å². The van der Waals surface area contributed by atoms with Gasteiger partial charge < -0.3 is 4.98 Å². The zero-order valence-electron chi connectivity index (χ0n) is 17.2. The molecule has 0 saturated carbocycles. The maximum atomic E-state index is 8.50. The molecule has 1 aromatic heterocycles. The minimum atomic E-state index is -2.22. The fourth-order valence-corrected chi connectivity index (χ4v) is 3.83. The molecule has 0 spiro atoms. The Morgan fingerprint density at radius 2 is 2.05 bits per heavy atom. The quantitative estimate of drug-likeness (QED) is 0.467. The molecule has 0 aliphatic carbocycles. The molecular weight excluding hydrogens is 451 g/mol. The van der Waals surface area contributed by atoms with Crippen molar-refractivity contribution >= 4 is 13.3 Å². The molecule has 0 bridgehead atoms. The van der Waals surface area contributed by atoms with Gasteiger partial charge in [-0.1, -0.05) is 52.0 Å². The van der Waals surface area contributed by atoms with Gasteiger partial charge >= 0.3 is 0 Å². The van der Waals surface area contributed by atoms with E-state index in [0.29, 0.717) is 11.3 Å². The second-order valence-corrected chi connectivity index (χ2v) is 11.4. The number of pyridine rings is 1. The maximum Gasteiger partial charge on any atom is 0.0799 e. The summed E-state index contributed by atoms with van der Waals surface area (Å²) in [6, 6.07) is 9.87. The minimum absolute atomic E-state index is 0. The fourth-order valence-electron chi connectivity index (χ4n) is 2.25. The van der Waals surface area contributed by atoms with Crippen LogP contribution in [0.3, 0.4) is 0 Å². The molecule has 0 atom stereocenters. The smallest absolute Gasteiger partial charge is 0.0799 e. The first-order valence-electron chi connectivity index (χ1n) is 8.84. The van der Waals surface area contributed by atoms with Gasteiger partial charge in [-0.2, -0.15) is 0 Å². The summed E-state index contributed by atoms with van der Waals surface area (Å²) in [5, 5.41) is 1.14. The van der Waals surface area contributed by atoms with E-state index in [4.69, 9.17) is 5.48 Å². The zero-order chi connectivity index (χ0) is 18.3. The van der Waals surface area contributed by atoms with Crippen LogP contribution in [0, 0.1) is 12.9 Å². The Hall–Kier alpha value is -0.764. The van der Waals surface area contributed by atoms with Crippen LogP contribution in [0.15, 0.2) is 30.5 Å². The van der Waals surface area contributed by atoms with E-state index in [9.17, 15) is 0 Å². The summed E-state index contributed by atoms with van der Waals surface area (Å²) in [6.45, 7) is 8.16. The Kier molecular flexibility index (Phi) is 4.25. The average molecular weight is 479 g/mol. The van der Waals surface area contributed by atoms with E-state index in [1.54, 1.807) is 18.2 Å². The molecule has 2 rings (SSSR count). The molecule has 0 unspecified atom stereocenters. The van der Waals surface area contributed by atoms with Crippen LogP contribution in [0.25, 0.3) is 11.3 Å². The summed E-state index contributed by atoms with van der Waals surface area (Å²) in [4.78, 5) is 4.53. The molecule has 115 valence electrons. The summed E-state index contributed by atoms with van der Waals surface area (Å²) in [5.74, 6) is -0.776. The molecule has 1 aromatic carbocycles. The number of aryl methyl sites for hydroxylation is 1. The first-order chi connectivity index (χ1) is 10.8. The van der Waals surface area contributed by atoms with E-state index in [1.807, 2.05) is 26.1 Å². The molecule has 1 nitrogen and oxygen atoms in total. The number of rotatable bonds is 3. The van der Waals surface area contributed by atoms with E-state index in [2.05, 4.69) is 30.7 Å². The van der Waals surface area contributed by atoms with Crippen LogP contribution in [0.1, 0.15) is 36.4 Å². The molecule has 0 N–H and O–H groups in total. The molecular formula is C18H24IrNSi-. The Morgan fingerprint density at radius 1 is 1.33 bits per heavy atom. The number of benzene rings is 1. The van der Waals surface area contributed by atoms with Crippen molar-refractivity contribution < 1.29 is 25.6 Å². The van der Waals surface area contributed by atoms with Crippen LogP contribution in [0.4, 0.5) is 0 Å². The minimum Gasteiger partial charge on any atom is -0.305 e. The molecule has 21 heavy (non-hydrogen) atoms. The topological polar surface area (TPSA) is 12.9 Å². The van der Waals surface area contributed by atoms with Crippen LogP contribution in [-0.4, -0.2) is 13.1 Å². The number of aromatic nitrogens is 1.